The minimum Gasteiger partial charge on any atom is -0.463 e. The fraction of sp³-hybridized carbons (Fsp3) is 0.333. The summed E-state index contributed by atoms with van der Waals surface area (Å²) < 4.78 is 5.18. The Hall–Kier alpha value is -1.21. The van der Waals surface area contributed by atoms with Crippen molar-refractivity contribution in [3.05, 3.63) is 45.1 Å². The molecule has 0 radical (unpaired) electrons. The van der Waals surface area contributed by atoms with E-state index in [1.807, 2.05) is 6.07 Å². The number of nitrogens with zero attached hydrogens (tertiary/aromatic N) is 1. The number of allylic oxidation sites excluding steroid dienone is 1. The molecule has 0 saturated heterocycles. The smallest absolute Gasteiger partial charge is 0.337 e. The Kier molecular flexibility index (Phi) is 6.35. The van der Waals surface area contributed by atoms with Crippen LogP contribution in [0.2, 0.25) is 10.0 Å². The molecule has 1 aromatic carbocycles. The molecule has 0 saturated carbocycles. The summed E-state index contributed by atoms with van der Waals surface area (Å²) in [5.74, 6) is -0.397. The van der Waals surface area contributed by atoms with Gasteiger partial charge >= 0.3 is 5.97 Å². The van der Waals surface area contributed by atoms with Gasteiger partial charge in [0.15, 0.2) is 5.17 Å². The molecule has 0 amide bonds. The number of hydrogen-bond acceptors (Lipinski definition) is 6. The van der Waals surface area contributed by atoms with Gasteiger partial charge in [-0.05, 0) is 25.5 Å². The van der Waals surface area contributed by atoms with Gasteiger partial charge in [-0.1, -0.05) is 47.1 Å². The number of esters is 1. The monoisotopic (exact) mass is 373 g/mol. The first-order valence-corrected chi connectivity index (χ1v) is 8.63. The van der Waals surface area contributed by atoms with E-state index >= 15 is 0 Å². The Labute approximate surface area is 149 Å². The molecule has 8 heteroatoms. The first-order valence-electron chi connectivity index (χ1n) is 6.99. The van der Waals surface area contributed by atoms with Crippen molar-refractivity contribution in [1.82, 2.24) is 10.9 Å². The van der Waals surface area contributed by atoms with E-state index in [1.54, 1.807) is 33.0 Å². The molecular formula is C15H17Cl2N3O2S. The van der Waals surface area contributed by atoms with E-state index in [9.17, 15) is 4.79 Å². The standard InChI is InChI=1S/C15H17Cl2N3O2S/c1-4-22-14(21)11-8(2)19-15(20-18-3)23-13(11)9-6-5-7-10(16)12(9)17/h5-7,13,18H,4H2,1-3H3,(H,19,20). The number of thioether (sulfide) groups is 1. The minimum absolute atomic E-state index is 0.293. The molecule has 1 atom stereocenters. The first-order chi connectivity index (χ1) is 11.0. The predicted molar refractivity (Wildman–Crippen MR) is 95.8 cm³/mol. The minimum atomic E-state index is -0.397. The molecule has 1 heterocycles. The van der Waals surface area contributed by atoms with Crippen LogP contribution >= 0.6 is 35.0 Å². The van der Waals surface area contributed by atoms with E-state index in [4.69, 9.17) is 27.9 Å². The van der Waals surface area contributed by atoms with Crippen molar-refractivity contribution >= 4 is 46.1 Å². The van der Waals surface area contributed by atoms with Crippen molar-refractivity contribution in [1.29, 1.82) is 0 Å². The largest absolute Gasteiger partial charge is 0.463 e. The lowest BCUT2D eigenvalue weighted by Gasteiger charge is -2.26. The second-order valence-corrected chi connectivity index (χ2v) is 6.53. The zero-order valence-electron chi connectivity index (χ0n) is 12.9. The van der Waals surface area contributed by atoms with Gasteiger partial charge in [-0.3, -0.25) is 0 Å². The second-order valence-electron chi connectivity index (χ2n) is 4.65. The van der Waals surface area contributed by atoms with Crippen molar-refractivity contribution in [2.45, 2.75) is 19.1 Å². The topological polar surface area (TPSA) is 62.7 Å². The highest BCUT2D eigenvalue weighted by Crippen LogP contribution is 2.45. The average Bonchev–Trinajstić information content (AvgIpc) is 2.50. The molecule has 0 aliphatic carbocycles. The normalized spacial score (nSPS) is 17.8. The van der Waals surface area contributed by atoms with Gasteiger partial charge in [-0.15, -0.1) is 0 Å². The number of hydrogen-bond donors (Lipinski definition) is 2. The molecule has 1 aliphatic rings. The van der Waals surface area contributed by atoms with Crippen molar-refractivity contribution in [2.75, 3.05) is 13.7 Å². The molecule has 2 N–H and O–H groups in total. The molecule has 0 bridgehead atoms. The van der Waals surface area contributed by atoms with Crippen LogP contribution in [0.25, 0.3) is 0 Å². The summed E-state index contributed by atoms with van der Waals surface area (Å²) >= 11 is 13.8. The molecular weight excluding hydrogens is 357 g/mol. The van der Waals surface area contributed by atoms with Crippen LogP contribution in [0.3, 0.4) is 0 Å². The molecule has 1 unspecified atom stereocenters. The second kappa shape index (κ2) is 8.06. The Morgan fingerprint density at radius 2 is 2.17 bits per heavy atom. The first kappa shape index (κ1) is 18.1. The number of aliphatic imine (C=N–C) groups is 1. The van der Waals surface area contributed by atoms with Crippen LogP contribution in [0.5, 0.6) is 0 Å². The highest BCUT2D eigenvalue weighted by molar-refractivity contribution is 8.14. The maximum absolute atomic E-state index is 12.4. The van der Waals surface area contributed by atoms with Gasteiger partial charge in [0.25, 0.3) is 0 Å². The fourth-order valence-corrected chi connectivity index (χ4v) is 3.93. The molecule has 124 valence electrons. The molecule has 1 aromatic rings. The molecule has 0 fully saturated rings. The Morgan fingerprint density at radius 3 is 2.83 bits per heavy atom. The number of halogens is 2. The average molecular weight is 374 g/mol. The van der Waals surface area contributed by atoms with E-state index in [0.717, 1.165) is 5.56 Å². The van der Waals surface area contributed by atoms with Crippen LogP contribution in [-0.2, 0) is 9.53 Å². The molecule has 2 rings (SSSR count). The van der Waals surface area contributed by atoms with Crippen molar-refractivity contribution < 1.29 is 9.53 Å². The highest BCUT2D eigenvalue weighted by atomic mass is 35.5. The van der Waals surface area contributed by atoms with Gasteiger partial charge in [-0.25, -0.2) is 15.2 Å². The number of ether oxygens (including phenoxy) is 1. The number of benzene rings is 1. The Bertz CT molecular complexity index is 677. The third-order valence-corrected chi connectivity index (χ3v) is 5.12. The zero-order valence-corrected chi connectivity index (χ0v) is 15.3. The molecule has 0 spiro atoms. The zero-order chi connectivity index (χ0) is 17.0. The van der Waals surface area contributed by atoms with Crippen molar-refractivity contribution in [3.63, 3.8) is 0 Å². The summed E-state index contributed by atoms with van der Waals surface area (Å²) in [7, 11) is 1.74. The lowest BCUT2D eigenvalue weighted by molar-refractivity contribution is -0.138. The number of carbonyl (C=O) groups is 1. The van der Waals surface area contributed by atoms with Crippen LogP contribution < -0.4 is 10.9 Å². The van der Waals surface area contributed by atoms with Crippen molar-refractivity contribution in [3.8, 4) is 0 Å². The summed E-state index contributed by atoms with van der Waals surface area (Å²) in [4.78, 5) is 16.8. The number of carbonyl (C=O) groups excluding carboxylic acids is 1. The van der Waals surface area contributed by atoms with Crippen molar-refractivity contribution in [2.24, 2.45) is 4.99 Å². The SMILES string of the molecule is CCOC(=O)C1=C(C)N=C(NNC)SC1c1cccc(Cl)c1Cl. The lowest BCUT2D eigenvalue weighted by atomic mass is 10.0. The summed E-state index contributed by atoms with van der Waals surface area (Å²) in [6.07, 6.45) is 0. The third kappa shape index (κ3) is 4.01. The number of rotatable bonds is 4. The summed E-state index contributed by atoms with van der Waals surface area (Å²) in [6.45, 7) is 3.83. The molecule has 1 aliphatic heterocycles. The van der Waals surface area contributed by atoms with Gasteiger partial charge in [0.1, 0.15) is 0 Å². The Balaban J connectivity index is 2.52. The maximum atomic E-state index is 12.4. The van der Waals surface area contributed by atoms with Crippen LogP contribution in [0.15, 0.2) is 34.5 Å². The molecule has 5 nitrogen and oxygen atoms in total. The van der Waals surface area contributed by atoms with Gasteiger partial charge in [0.05, 0.1) is 33.2 Å². The van der Waals surface area contributed by atoms with Gasteiger partial charge < -0.3 is 10.2 Å². The van der Waals surface area contributed by atoms with E-state index in [1.165, 1.54) is 11.8 Å². The third-order valence-electron chi connectivity index (χ3n) is 3.14. The number of amidine groups is 1. The van der Waals surface area contributed by atoms with Crippen LogP contribution in [0.4, 0.5) is 0 Å². The predicted octanol–water partition coefficient (Wildman–Crippen LogP) is 3.70. The van der Waals surface area contributed by atoms with Crippen LogP contribution in [0, 0.1) is 0 Å². The molecule has 23 heavy (non-hydrogen) atoms. The highest BCUT2D eigenvalue weighted by Gasteiger charge is 2.33. The van der Waals surface area contributed by atoms with Crippen LogP contribution in [0.1, 0.15) is 24.7 Å². The van der Waals surface area contributed by atoms with E-state index in [2.05, 4.69) is 15.8 Å². The Morgan fingerprint density at radius 1 is 1.43 bits per heavy atom. The summed E-state index contributed by atoms with van der Waals surface area (Å²) in [5.41, 5.74) is 7.57. The van der Waals surface area contributed by atoms with Gasteiger partial charge in [-0.2, -0.15) is 0 Å². The summed E-state index contributed by atoms with van der Waals surface area (Å²) in [6, 6.07) is 5.36. The van der Waals surface area contributed by atoms with Gasteiger partial charge in [0, 0.05) is 7.05 Å². The number of hydrazine groups is 1. The number of nitrogens with one attached hydrogen (secondary N) is 2. The van der Waals surface area contributed by atoms with E-state index < -0.39 is 5.97 Å². The molecule has 0 aromatic heterocycles. The van der Waals surface area contributed by atoms with Crippen LogP contribution in [-0.4, -0.2) is 24.8 Å². The van der Waals surface area contributed by atoms with E-state index in [0.29, 0.717) is 33.1 Å². The summed E-state index contributed by atoms with van der Waals surface area (Å²) in [5, 5.41) is 1.15. The van der Waals surface area contributed by atoms with E-state index in [-0.39, 0.29) is 5.25 Å². The maximum Gasteiger partial charge on any atom is 0.337 e. The van der Waals surface area contributed by atoms with Gasteiger partial charge in [0.2, 0.25) is 0 Å². The fourth-order valence-electron chi connectivity index (χ4n) is 2.17. The lowest BCUT2D eigenvalue weighted by Crippen LogP contribution is -2.34. The quantitative estimate of drug-likeness (QED) is 0.622.